The Kier molecular flexibility index (Phi) is 4.90. The Morgan fingerprint density at radius 2 is 1.90 bits per heavy atom. The Morgan fingerprint density at radius 3 is 2.52 bits per heavy atom. The summed E-state index contributed by atoms with van der Waals surface area (Å²) < 4.78 is 2.26. The summed E-state index contributed by atoms with van der Waals surface area (Å²) in [6.07, 6.45) is 1.77. The van der Waals surface area contributed by atoms with Crippen molar-refractivity contribution in [1.29, 1.82) is 0 Å². The Bertz CT molecular complexity index is 686. The topological polar surface area (TPSA) is 40.7 Å². The van der Waals surface area contributed by atoms with Gasteiger partial charge in [0.2, 0.25) is 0 Å². The number of H-pyrrole nitrogens is 1. The zero-order valence-corrected chi connectivity index (χ0v) is 15.1. The maximum absolute atomic E-state index is 3.97. The van der Waals surface area contributed by atoms with E-state index in [0.29, 0.717) is 0 Å². The van der Waals surface area contributed by atoms with Gasteiger partial charge in [-0.05, 0) is 55.1 Å². The summed E-state index contributed by atoms with van der Waals surface area (Å²) in [4.78, 5) is 1.31. The molecular formula is C15H13Br2N3S. The third-order valence-electron chi connectivity index (χ3n) is 3.09. The van der Waals surface area contributed by atoms with Gasteiger partial charge in [-0.25, -0.2) is 0 Å². The lowest BCUT2D eigenvalue weighted by Crippen LogP contribution is -2.11. The van der Waals surface area contributed by atoms with Crippen LogP contribution in [0.4, 0.5) is 0 Å². The third-order valence-corrected chi connectivity index (χ3v) is 6.35. The zero-order valence-electron chi connectivity index (χ0n) is 11.1. The van der Waals surface area contributed by atoms with Crippen molar-refractivity contribution in [3.63, 3.8) is 0 Å². The second-order valence-electron chi connectivity index (χ2n) is 4.61. The molecular weight excluding hydrogens is 414 g/mol. The first-order chi connectivity index (χ1) is 10.2. The van der Waals surface area contributed by atoms with Crippen LogP contribution in [-0.4, -0.2) is 10.2 Å². The van der Waals surface area contributed by atoms with Gasteiger partial charge < -0.3 is 5.32 Å². The van der Waals surface area contributed by atoms with Gasteiger partial charge in [0.15, 0.2) is 0 Å². The molecule has 1 aromatic carbocycles. The molecule has 0 spiro atoms. The SMILES string of the molecule is Brc1cc(CNCc2ccc(-c3ccn[nH]3)cc2)sc1Br. The molecule has 0 aliphatic carbocycles. The van der Waals surface area contributed by atoms with Crippen molar-refractivity contribution < 1.29 is 0 Å². The van der Waals surface area contributed by atoms with Crippen LogP contribution in [-0.2, 0) is 13.1 Å². The molecule has 21 heavy (non-hydrogen) atoms. The van der Waals surface area contributed by atoms with Crippen molar-refractivity contribution in [2.45, 2.75) is 13.1 Å². The first-order valence-electron chi connectivity index (χ1n) is 6.45. The molecule has 0 aliphatic rings. The summed E-state index contributed by atoms with van der Waals surface area (Å²) in [6, 6.07) is 12.6. The number of hydrogen-bond donors (Lipinski definition) is 2. The summed E-state index contributed by atoms with van der Waals surface area (Å²) >= 11 is 8.77. The Morgan fingerprint density at radius 1 is 1.10 bits per heavy atom. The number of hydrogen-bond acceptors (Lipinski definition) is 3. The lowest BCUT2D eigenvalue weighted by molar-refractivity contribution is 0.701. The van der Waals surface area contributed by atoms with Gasteiger partial charge in [-0.3, -0.25) is 5.10 Å². The number of aromatic nitrogens is 2. The predicted molar refractivity (Wildman–Crippen MR) is 94.3 cm³/mol. The van der Waals surface area contributed by atoms with Crippen LogP contribution in [0.25, 0.3) is 11.3 Å². The maximum Gasteiger partial charge on any atom is 0.0843 e. The monoisotopic (exact) mass is 425 g/mol. The van der Waals surface area contributed by atoms with E-state index in [0.717, 1.165) is 32.6 Å². The van der Waals surface area contributed by atoms with Crippen LogP contribution < -0.4 is 5.32 Å². The van der Waals surface area contributed by atoms with Gasteiger partial charge in [0.05, 0.1) is 9.48 Å². The quantitative estimate of drug-likeness (QED) is 0.605. The molecule has 2 heterocycles. The van der Waals surface area contributed by atoms with Gasteiger partial charge in [-0.2, -0.15) is 5.10 Å². The molecule has 0 bridgehead atoms. The van der Waals surface area contributed by atoms with Gasteiger partial charge in [-0.15, -0.1) is 11.3 Å². The highest BCUT2D eigenvalue weighted by molar-refractivity contribution is 9.13. The maximum atomic E-state index is 3.97. The van der Waals surface area contributed by atoms with E-state index in [-0.39, 0.29) is 0 Å². The lowest BCUT2D eigenvalue weighted by atomic mass is 10.1. The van der Waals surface area contributed by atoms with E-state index < -0.39 is 0 Å². The number of thiophene rings is 1. The molecule has 0 unspecified atom stereocenters. The first-order valence-corrected chi connectivity index (χ1v) is 8.86. The van der Waals surface area contributed by atoms with Crippen LogP contribution >= 0.6 is 43.2 Å². The first kappa shape index (κ1) is 15.0. The molecule has 0 radical (unpaired) electrons. The number of nitrogens with one attached hydrogen (secondary N) is 2. The summed E-state index contributed by atoms with van der Waals surface area (Å²) in [5, 5.41) is 10.4. The predicted octanol–water partition coefficient (Wildman–Crippen LogP) is 4.95. The standard InChI is InChI=1S/C15H13Br2N3S/c16-13-7-12(21-15(13)17)9-18-8-10-1-3-11(4-2-10)14-5-6-19-20-14/h1-7,18H,8-9H2,(H,19,20). The van der Waals surface area contributed by atoms with E-state index in [4.69, 9.17) is 0 Å². The van der Waals surface area contributed by atoms with E-state index in [2.05, 4.69) is 77.7 Å². The molecule has 0 saturated carbocycles. The Labute approximate surface area is 144 Å². The molecule has 0 aliphatic heterocycles. The summed E-state index contributed by atoms with van der Waals surface area (Å²) in [5.74, 6) is 0. The third kappa shape index (κ3) is 3.83. The minimum Gasteiger partial charge on any atom is -0.308 e. The lowest BCUT2D eigenvalue weighted by Gasteiger charge is -2.04. The van der Waals surface area contributed by atoms with Gasteiger partial charge in [0.25, 0.3) is 0 Å². The van der Waals surface area contributed by atoms with E-state index in [1.807, 2.05) is 6.07 Å². The number of halogens is 2. The Hall–Kier alpha value is -0.950. The van der Waals surface area contributed by atoms with Crippen molar-refractivity contribution in [3.05, 3.63) is 61.3 Å². The molecule has 108 valence electrons. The largest absolute Gasteiger partial charge is 0.308 e. The minimum atomic E-state index is 0.858. The van der Waals surface area contributed by atoms with Gasteiger partial charge in [0, 0.05) is 28.6 Å². The fourth-order valence-electron chi connectivity index (χ4n) is 2.03. The van der Waals surface area contributed by atoms with Gasteiger partial charge in [0.1, 0.15) is 0 Å². The minimum absolute atomic E-state index is 0.858. The average Bonchev–Trinajstić information content (AvgIpc) is 3.11. The van der Waals surface area contributed by atoms with Crippen LogP contribution in [0, 0.1) is 0 Å². The normalized spacial score (nSPS) is 11.0. The number of nitrogens with zero attached hydrogens (tertiary/aromatic N) is 1. The van der Waals surface area contributed by atoms with Crippen molar-refractivity contribution in [3.8, 4) is 11.3 Å². The Balaban J connectivity index is 1.56. The molecule has 2 N–H and O–H groups in total. The zero-order chi connectivity index (χ0) is 14.7. The van der Waals surface area contributed by atoms with E-state index >= 15 is 0 Å². The van der Waals surface area contributed by atoms with Crippen LogP contribution in [0.5, 0.6) is 0 Å². The van der Waals surface area contributed by atoms with Crippen molar-refractivity contribution in [1.82, 2.24) is 15.5 Å². The molecule has 0 saturated heterocycles. The number of aromatic amines is 1. The average molecular weight is 427 g/mol. The van der Waals surface area contributed by atoms with Crippen LogP contribution in [0.2, 0.25) is 0 Å². The molecule has 3 nitrogen and oxygen atoms in total. The van der Waals surface area contributed by atoms with Crippen LogP contribution in [0.15, 0.2) is 50.9 Å². The van der Waals surface area contributed by atoms with Crippen molar-refractivity contribution >= 4 is 43.2 Å². The van der Waals surface area contributed by atoms with Gasteiger partial charge in [-0.1, -0.05) is 24.3 Å². The second-order valence-corrected chi connectivity index (χ2v) is 7.91. The molecule has 6 heteroatoms. The number of benzene rings is 1. The van der Waals surface area contributed by atoms with Gasteiger partial charge >= 0.3 is 0 Å². The fraction of sp³-hybridized carbons (Fsp3) is 0.133. The van der Waals surface area contributed by atoms with Crippen molar-refractivity contribution in [2.24, 2.45) is 0 Å². The fourth-order valence-corrected chi connectivity index (χ4v) is 4.17. The molecule has 0 fully saturated rings. The second kappa shape index (κ2) is 6.87. The molecule has 0 atom stereocenters. The molecule has 2 aromatic heterocycles. The summed E-state index contributed by atoms with van der Waals surface area (Å²) in [6.45, 7) is 1.73. The van der Waals surface area contributed by atoms with E-state index in [1.54, 1.807) is 17.5 Å². The van der Waals surface area contributed by atoms with E-state index in [1.165, 1.54) is 10.4 Å². The smallest absolute Gasteiger partial charge is 0.0843 e. The number of rotatable bonds is 5. The van der Waals surface area contributed by atoms with Crippen LogP contribution in [0.1, 0.15) is 10.4 Å². The highest BCUT2D eigenvalue weighted by atomic mass is 79.9. The summed E-state index contributed by atoms with van der Waals surface area (Å²) in [5.41, 5.74) is 3.47. The molecule has 0 amide bonds. The van der Waals surface area contributed by atoms with E-state index in [9.17, 15) is 0 Å². The van der Waals surface area contributed by atoms with Crippen LogP contribution in [0.3, 0.4) is 0 Å². The molecule has 3 aromatic rings. The summed E-state index contributed by atoms with van der Waals surface area (Å²) in [7, 11) is 0. The van der Waals surface area contributed by atoms with Crippen molar-refractivity contribution in [2.75, 3.05) is 0 Å². The molecule has 3 rings (SSSR count). The highest BCUT2D eigenvalue weighted by Crippen LogP contribution is 2.32. The highest BCUT2D eigenvalue weighted by Gasteiger charge is 2.04.